The van der Waals surface area contributed by atoms with Crippen LogP contribution >= 0.6 is 0 Å². The van der Waals surface area contributed by atoms with Gasteiger partial charge in [0, 0.05) is 19.9 Å². The first kappa shape index (κ1) is 17.5. The van der Waals surface area contributed by atoms with E-state index >= 15 is 0 Å². The molecule has 2 aliphatic rings. The Morgan fingerprint density at radius 1 is 1.26 bits per heavy atom. The van der Waals surface area contributed by atoms with Gasteiger partial charge in [-0.2, -0.15) is 0 Å². The number of likely N-dealkylation sites (N-methyl/N-ethyl adjacent to an activating group) is 1. The summed E-state index contributed by atoms with van der Waals surface area (Å²) >= 11 is 0. The quantitative estimate of drug-likeness (QED) is 0.902. The van der Waals surface area contributed by atoms with Crippen molar-refractivity contribution >= 4 is 11.8 Å². The highest BCUT2D eigenvalue weighted by atomic mass is 19.1. The molecule has 1 N–H and O–H groups in total. The van der Waals surface area contributed by atoms with Gasteiger partial charge in [-0.1, -0.05) is 24.3 Å². The summed E-state index contributed by atoms with van der Waals surface area (Å²) < 4.78 is 18.7. The molecule has 2 aliphatic heterocycles. The molecule has 0 saturated carbocycles. The second-order valence-corrected chi connectivity index (χ2v) is 7.10. The van der Waals surface area contributed by atoms with Crippen molar-refractivity contribution in [2.24, 2.45) is 0 Å². The van der Waals surface area contributed by atoms with E-state index in [1.54, 1.807) is 24.1 Å². The molecule has 5 nitrogen and oxygen atoms in total. The van der Waals surface area contributed by atoms with Crippen LogP contribution in [0.4, 0.5) is 4.39 Å². The van der Waals surface area contributed by atoms with Crippen molar-refractivity contribution in [3.63, 3.8) is 0 Å². The largest absolute Gasteiger partial charge is 0.493 e. The molecule has 0 aliphatic carbocycles. The summed E-state index contributed by atoms with van der Waals surface area (Å²) in [4.78, 5) is 26.4. The SMILES string of the molecule is CN1C(=O)C[C@H](NC(=O)Cc2ccc3c(c2)CCO3)[C@H]1c1ccc(F)cc1. The normalized spacial score (nSPS) is 21.1. The summed E-state index contributed by atoms with van der Waals surface area (Å²) in [6, 6.07) is 11.2. The molecule has 2 amide bonds. The summed E-state index contributed by atoms with van der Waals surface area (Å²) in [7, 11) is 1.71. The molecule has 0 bridgehead atoms. The van der Waals surface area contributed by atoms with Crippen LogP contribution in [0.5, 0.6) is 5.75 Å². The van der Waals surface area contributed by atoms with Gasteiger partial charge in [-0.05, 0) is 34.9 Å². The van der Waals surface area contributed by atoms with Crippen molar-refractivity contribution in [2.45, 2.75) is 31.3 Å². The van der Waals surface area contributed by atoms with E-state index in [0.717, 1.165) is 28.9 Å². The number of likely N-dealkylation sites (tertiary alicyclic amines) is 1. The maximum Gasteiger partial charge on any atom is 0.225 e. The van der Waals surface area contributed by atoms with E-state index in [9.17, 15) is 14.0 Å². The maximum atomic E-state index is 13.2. The summed E-state index contributed by atoms with van der Waals surface area (Å²) in [5, 5.41) is 2.99. The van der Waals surface area contributed by atoms with Crippen LogP contribution in [0, 0.1) is 5.82 Å². The highest BCUT2D eigenvalue weighted by molar-refractivity contribution is 5.84. The number of hydrogen-bond acceptors (Lipinski definition) is 3. The lowest BCUT2D eigenvalue weighted by Gasteiger charge is -2.26. The van der Waals surface area contributed by atoms with Crippen molar-refractivity contribution in [2.75, 3.05) is 13.7 Å². The third-order valence-corrected chi connectivity index (χ3v) is 5.26. The lowest BCUT2D eigenvalue weighted by molar-refractivity contribution is -0.127. The third-order valence-electron chi connectivity index (χ3n) is 5.26. The average molecular weight is 368 g/mol. The standard InChI is InChI=1S/C21H21FN2O3/c1-24-20(26)12-17(21(24)14-3-5-16(22)6-4-14)23-19(25)11-13-2-7-18-15(10-13)8-9-27-18/h2-7,10,17,21H,8-9,11-12H2,1H3,(H,23,25)/t17-,21+/m0/s1. The fourth-order valence-corrected chi connectivity index (χ4v) is 3.91. The van der Waals surface area contributed by atoms with Crippen LogP contribution in [0.3, 0.4) is 0 Å². The zero-order valence-electron chi connectivity index (χ0n) is 15.1. The Labute approximate surface area is 157 Å². The van der Waals surface area contributed by atoms with Gasteiger partial charge in [-0.25, -0.2) is 4.39 Å². The van der Waals surface area contributed by atoms with Crippen LogP contribution in [-0.4, -0.2) is 36.4 Å². The minimum absolute atomic E-state index is 0.0377. The number of nitrogens with zero attached hydrogens (tertiary/aromatic N) is 1. The summed E-state index contributed by atoms with van der Waals surface area (Å²) in [6.45, 7) is 0.681. The molecule has 6 heteroatoms. The third kappa shape index (κ3) is 3.52. The fourth-order valence-electron chi connectivity index (χ4n) is 3.91. The van der Waals surface area contributed by atoms with E-state index in [1.165, 1.54) is 12.1 Å². The van der Waals surface area contributed by atoms with Crippen LogP contribution in [-0.2, 0) is 22.4 Å². The number of carbonyl (C=O) groups excluding carboxylic acids is 2. The van der Waals surface area contributed by atoms with Crippen LogP contribution in [0.15, 0.2) is 42.5 Å². The monoisotopic (exact) mass is 368 g/mol. The van der Waals surface area contributed by atoms with Gasteiger partial charge in [0.1, 0.15) is 11.6 Å². The van der Waals surface area contributed by atoms with Crippen LogP contribution in [0.25, 0.3) is 0 Å². The molecule has 1 saturated heterocycles. The van der Waals surface area contributed by atoms with Gasteiger partial charge in [0.05, 0.1) is 25.1 Å². The second-order valence-electron chi connectivity index (χ2n) is 7.10. The predicted octanol–water partition coefficient (Wildman–Crippen LogP) is 2.39. The van der Waals surface area contributed by atoms with Gasteiger partial charge in [0.2, 0.25) is 11.8 Å². The summed E-state index contributed by atoms with van der Waals surface area (Å²) in [5.41, 5.74) is 2.86. The Hall–Kier alpha value is -2.89. The minimum atomic E-state index is -0.335. The number of hydrogen-bond donors (Lipinski definition) is 1. The van der Waals surface area contributed by atoms with Gasteiger partial charge in [-0.3, -0.25) is 9.59 Å². The zero-order valence-corrected chi connectivity index (χ0v) is 15.1. The molecule has 1 fully saturated rings. The number of fused-ring (bicyclic) bond motifs is 1. The molecule has 4 rings (SSSR count). The average Bonchev–Trinajstić information content (AvgIpc) is 3.20. The number of nitrogens with one attached hydrogen (secondary N) is 1. The van der Waals surface area contributed by atoms with E-state index in [-0.39, 0.29) is 42.6 Å². The molecule has 0 spiro atoms. The van der Waals surface area contributed by atoms with Crippen molar-refractivity contribution in [1.29, 1.82) is 0 Å². The van der Waals surface area contributed by atoms with Crippen LogP contribution in [0.2, 0.25) is 0 Å². The van der Waals surface area contributed by atoms with Crippen molar-refractivity contribution in [3.8, 4) is 5.75 Å². The Morgan fingerprint density at radius 3 is 2.81 bits per heavy atom. The first-order valence-electron chi connectivity index (χ1n) is 9.06. The van der Waals surface area contributed by atoms with E-state index in [4.69, 9.17) is 4.74 Å². The number of halogens is 1. The van der Waals surface area contributed by atoms with Gasteiger partial charge in [0.15, 0.2) is 0 Å². The van der Waals surface area contributed by atoms with E-state index in [0.29, 0.717) is 6.61 Å². The molecule has 27 heavy (non-hydrogen) atoms. The summed E-state index contributed by atoms with van der Waals surface area (Å²) in [6.07, 6.45) is 1.35. The Kier molecular flexibility index (Phi) is 4.56. The Morgan fingerprint density at radius 2 is 2.04 bits per heavy atom. The van der Waals surface area contributed by atoms with Crippen LogP contribution in [0.1, 0.15) is 29.2 Å². The topological polar surface area (TPSA) is 58.6 Å². The van der Waals surface area contributed by atoms with Gasteiger partial charge >= 0.3 is 0 Å². The molecule has 140 valence electrons. The number of rotatable bonds is 4. The summed E-state index contributed by atoms with van der Waals surface area (Å²) in [5.74, 6) is 0.392. The molecule has 2 aromatic rings. The van der Waals surface area contributed by atoms with Crippen molar-refractivity contribution < 1.29 is 18.7 Å². The molecule has 2 heterocycles. The number of ether oxygens (including phenoxy) is 1. The maximum absolute atomic E-state index is 13.2. The first-order chi connectivity index (χ1) is 13.0. The molecule has 0 unspecified atom stereocenters. The number of amides is 2. The predicted molar refractivity (Wildman–Crippen MR) is 97.8 cm³/mol. The number of carbonyl (C=O) groups is 2. The number of benzene rings is 2. The minimum Gasteiger partial charge on any atom is -0.493 e. The molecule has 2 aromatic carbocycles. The lowest BCUT2D eigenvalue weighted by atomic mass is 9.99. The van der Waals surface area contributed by atoms with Crippen molar-refractivity contribution in [3.05, 3.63) is 65.0 Å². The Balaban J connectivity index is 1.47. The van der Waals surface area contributed by atoms with Crippen LogP contribution < -0.4 is 10.1 Å². The second kappa shape index (κ2) is 7.02. The molecular weight excluding hydrogens is 347 g/mol. The van der Waals surface area contributed by atoms with Gasteiger partial charge in [-0.15, -0.1) is 0 Å². The zero-order chi connectivity index (χ0) is 19.0. The fraction of sp³-hybridized carbons (Fsp3) is 0.333. The molecule has 0 radical (unpaired) electrons. The highest BCUT2D eigenvalue weighted by Gasteiger charge is 2.39. The molecular formula is C21H21FN2O3. The van der Waals surface area contributed by atoms with E-state index in [1.807, 2.05) is 18.2 Å². The van der Waals surface area contributed by atoms with Crippen molar-refractivity contribution in [1.82, 2.24) is 10.2 Å². The highest BCUT2D eigenvalue weighted by Crippen LogP contribution is 2.32. The lowest BCUT2D eigenvalue weighted by Crippen LogP contribution is -2.39. The van der Waals surface area contributed by atoms with Gasteiger partial charge < -0.3 is 15.0 Å². The van der Waals surface area contributed by atoms with E-state index in [2.05, 4.69) is 5.32 Å². The smallest absolute Gasteiger partial charge is 0.225 e. The molecule has 2 atom stereocenters. The Bertz CT molecular complexity index is 881. The first-order valence-corrected chi connectivity index (χ1v) is 9.06. The van der Waals surface area contributed by atoms with Gasteiger partial charge in [0.25, 0.3) is 0 Å². The molecule has 0 aromatic heterocycles. The van der Waals surface area contributed by atoms with E-state index < -0.39 is 0 Å².